The number of methoxy groups -OCH3 is 1. The summed E-state index contributed by atoms with van der Waals surface area (Å²) in [5.41, 5.74) is -0.768. The first-order valence-electron chi connectivity index (χ1n) is 4.85. The number of ether oxygens (including phenoxy) is 1. The number of esters is 1. The highest BCUT2D eigenvalue weighted by Gasteiger charge is 2.27. The van der Waals surface area contributed by atoms with Crippen LogP contribution < -0.4 is 0 Å². The molecule has 1 aromatic carbocycles. The van der Waals surface area contributed by atoms with Gasteiger partial charge in [0, 0.05) is 0 Å². The van der Waals surface area contributed by atoms with Crippen molar-refractivity contribution in [1.82, 2.24) is 0 Å². The van der Waals surface area contributed by atoms with Crippen LogP contribution in [0.15, 0.2) is 18.2 Å². The highest BCUT2D eigenvalue weighted by Crippen LogP contribution is 2.20. The molecule has 0 aliphatic carbocycles. The van der Waals surface area contributed by atoms with E-state index in [2.05, 4.69) is 4.74 Å². The van der Waals surface area contributed by atoms with Crippen molar-refractivity contribution in [2.24, 2.45) is 0 Å². The number of halogens is 1. The van der Waals surface area contributed by atoms with Crippen LogP contribution in [-0.4, -0.2) is 40.5 Å². The second kappa shape index (κ2) is 5.56. The first kappa shape index (κ1) is 14.1. The van der Waals surface area contributed by atoms with Crippen molar-refractivity contribution in [2.45, 2.75) is 12.2 Å². The van der Waals surface area contributed by atoms with Gasteiger partial charge in [0.1, 0.15) is 11.9 Å². The number of aliphatic hydroxyl groups excluding tert-OH is 2. The number of rotatable bonds is 4. The second-order valence-corrected chi connectivity index (χ2v) is 3.46. The molecule has 0 bridgehead atoms. The van der Waals surface area contributed by atoms with Gasteiger partial charge in [-0.25, -0.2) is 14.0 Å². The van der Waals surface area contributed by atoms with E-state index in [9.17, 15) is 24.2 Å². The van der Waals surface area contributed by atoms with Crippen LogP contribution in [0.2, 0.25) is 0 Å². The van der Waals surface area contributed by atoms with Crippen molar-refractivity contribution in [3.8, 4) is 0 Å². The maximum absolute atomic E-state index is 13.1. The zero-order valence-electron chi connectivity index (χ0n) is 9.33. The Labute approximate surface area is 101 Å². The Morgan fingerprint density at radius 3 is 2.44 bits per heavy atom. The fraction of sp³-hybridized carbons (Fsp3) is 0.273. The van der Waals surface area contributed by atoms with Gasteiger partial charge in [-0.15, -0.1) is 0 Å². The van der Waals surface area contributed by atoms with Gasteiger partial charge in [-0.1, -0.05) is 6.07 Å². The van der Waals surface area contributed by atoms with E-state index in [0.29, 0.717) is 0 Å². The summed E-state index contributed by atoms with van der Waals surface area (Å²) in [7, 11) is 1.02. The van der Waals surface area contributed by atoms with Crippen molar-refractivity contribution in [1.29, 1.82) is 0 Å². The Hall–Kier alpha value is -1.99. The molecule has 0 saturated carbocycles. The van der Waals surface area contributed by atoms with Crippen LogP contribution in [-0.2, 0) is 9.53 Å². The Balaban J connectivity index is 3.07. The molecule has 0 heterocycles. The Morgan fingerprint density at radius 1 is 1.33 bits per heavy atom. The molecule has 0 radical (unpaired) electrons. The summed E-state index contributed by atoms with van der Waals surface area (Å²) >= 11 is 0. The molecule has 2 unspecified atom stereocenters. The summed E-state index contributed by atoms with van der Waals surface area (Å²) in [6.45, 7) is 0. The van der Waals surface area contributed by atoms with Crippen molar-refractivity contribution in [2.75, 3.05) is 7.11 Å². The minimum Gasteiger partial charge on any atom is -0.478 e. The van der Waals surface area contributed by atoms with Gasteiger partial charge in [0.05, 0.1) is 12.7 Å². The number of aliphatic hydroxyl groups is 2. The van der Waals surface area contributed by atoms with Crippen LogP contribution in [0.3, 0.4) is 0 Å². The predicted octanol–water partition coefficient (Wildman–Crippen LogP) is 0.0912. The Bertz CT molecular complexity index is 473. The predicted molar refractivity (Wildman–Crippen MR) is 56.3 cm³/mol. The van der Waals surface area contributed by atoms with Crippen LogP contribution in [0.1, 0.15) is 22.0 Å². The smallest absolute Gasteiger partial charge is 0.338 e. The number of carbonyl (C=O) groups excluding carboxylic acids is 1. The molecular formula is C11H11FO6. The average molecular weight is 258 g/mol. The number of hydrogen-bond donors (Lipinski definition) is 3. The molecule has 18 heavy (non-hydrogen) atoms. The lowest BCUT2D eigenvalue weighted by molar-refractivity contribution is -0.156. The molecule has 0 fully saturated rings. The van der Waals surface area contributed by atoms with E-state index < -0.39 is 35.5 Å². The molecule has 0 amide bonds. The van der Waals surface area contributed by atoms with Crippen LogP contribution in [0.25, 0.3) is 0 Å². The third kappa shape index (κ3) is 2.82. The summed E-state index contributed by atoms with van der Waals surface area (Å²) in [6, 6.07) is 2.74. The molecule has 1 aromatic rings. The first-order valence-corrected chi connectivity index (χ1v) is 4.85. The fourth-order valence-corrected chi connectivity index (χ4v) is 1.32. The molecule has 2 atom stereocenters. The minimum absolute atomic E-state index is 0.105. The maximum atomic E-state index is 13.1. The van der Waals surface area contributed by atoms with E-state index in [4.69, 9.17) is 5.11 Å². The van der Waals surface area contributed by atoms with E-state index in [1.807, 2.05) is 0 Å². The van der Waals surface area contributed by atoms with Crippen molar-refractivity contribution < 1.29 is 34.0 Å². The lowest BCUT2D eigenvalue weighted by atomic mass is 10.0. The summed E-state index contributed by atoms with van der Waals surface area (Å²) in [5, 5.41) is 27.7. The quantitative estimate of drug-likeness (QED) is 0.661. The summed E-state index contributed by atoms with van der Waals surface area (Å²) in [4.78, 5) is 21.7. The molecule has 98 valence electrons. The summed E-state index contributed by atoms with van der Waals surface area (Å²) in [5.74, 6) is -3.58. The zero-order chi connectivity index (χ0) is 13.9. The van der Waals surface area contributed by atoms with Gasteiger partial charge in [-0.2, -0.15) is 0 Å². The summed E-state index contributed by atoms with van der Waals surface area (Å²) < 4.78 is 17.3. The Kier molecular flexibility index (Phi) is 4.35. The van der Waals surface area contributed by atoms with E-state index in [-0.39, 0.29) is 5.56 Å². The fourth-order valence-electron chi connectivity index (χ4n) is 1.32. The molecule has 0 spiro atoms. The SMILES string of the molecule is COC(=O)C(O)C(O)c1ccc(F)c(C(=O)O)c1. The number of aromatic carboxylic acids is 1. The van der Waals surface area contributed by atoms with Gasteiger partial charge in [0.15, 0.2) is 6.10 Å². The van der Waals surface area contributed by atoms with Crippen LogP contribution in [0.4, 0.5) is 4.39 Å². The number of carboxylic acids is 1. The third-order valence-electron chi connectivity index (χ3n) is 2.30. The molecular weight excluding hydrogens is 247 g/mol. The van der Waals surface area contributed by atoms with Crippen LogP contribution in [0, 0.1) is 5.82 Å². The van der Waals surface area contributed by atoms with E-state index >= 15 is 0 Å². The highest BCUT2D eigenvalue weighted by atomic mass is 19.1. The van der Waals surface area contributed by atoms with Crippen LogP contribution >= 0.6 is 0 Å². The van der Waals surface area contributed by atoms with Gasteiger partial charge in [0.25, 0.3) is 0 Å². The van der Waals surface area contributed by atoms with E-state index in [1.165, 1.54) is 0 Å². The number of hydrogen-bond acceptors (Lipinski definition) is 5. The summed E-state index contributed by atoms with van der Waals surface area (Å²) in [6.07, 6.45) is -3.57. The number of carbonyl (C=O) groups is 2. The maximum Gasteiger partial charge on any atom is 0.338 e. The van der Waals surface area contributed by atoms with Gasteiger partial charge in [0.2, 0.25) is 0 Å². The van der Waals surface area contributed by atoms with Gasteiger partial charge >= 0.3 is 11.9 Å². The third-order valence-corrected chi connectivity index (χ3v) is 2.30. The topological polar surface area (TPSA) is 104 Å². The van der Waals surface area contributed by atoms with Gasteiger partial charge in [-0.05, 0) is 17.7 Å². The largest absolute Gasteiger partial charge is 0.478 e. The average Bonchev–Trinajstić information content (AvgIpc) is 2.36. The molecule has 1 rings (SSSR count). The van der Waals surface area contributed by atoms with E-state index in [1.54, 1.807) is 0 Å². The van der Waals surface area contributed by atoms with Crippen molar-refractivity contribution in [3.05, 3.63) is 35.1 Å². The standard InChI is InChI=1S/C11H11FO6/c1-18-11(17)9(14)8(13)5-2-3-7(12)6(4-5)10(15)16/h2-4,8-9,13-14H,1H3,(H,15,16). The second-order valence-electron chi connectivity index (χ2n) is 3.46. The van der Waals surface area contributed by atoms with E-state index in [0.717, 1.165) is 25.3 Å². The molecule has 0 aliphatic rings. The van der Waals surface area contributed by atoms with Crippen molar-refractivity contribution in [3.63, 3.8) is 0 Å². The molecule has 3 N–H and O–H groups in total. The molecule has 0 saturated heterocycles. The molecule has 0 aromatic heterocycles. The van der Waals surface area contributed by atoms with Gasteiger partial charge in [-0.3, -0.25) is 0 Å². The highest BCUT2D eigenvalue weighted by molar-refractivity contribution is 5.88. The van der Waals surface area contributed by atoms with Crippen molar-refractivity contribution >= 4 is 11.9 Å². The number of benzene rings is 1. The molecule has 7 heteroatoms. The Morgan fingerprint density at radius 2 is 1.94 bits per heavy atom. The first-order chi connectivity index (χ1) is 8.38. The molecule has 0 aliphatic heterocycles. The van der Waals surface area contributed by atoms with Gasteiger partial charge < -0.3 is 20.1 Å². The molecule has 6 nitrogen and oxygen atoms in total. The lowest BCUT2D eigenvalue weighted by Crippen LogP contribution is -2.29. The zero-order valence-corrected chi connectivity index (χ0v) is 9.33. The van der Waals surface area contributed by atoms with Crippen LogP contribution in [0.5, 0.6) is 0 Å². The minimum atomic E-state index is -1.87. The number of carboxylic acid groups (broad SMARTS) is 1. The monoisotopic (exact) mass is 258 g/mol. The lowest BCUT2D eigenvalue weighted by Gasteiger charge is -2.16. The normalized spacial score (nSPS) is 13.8.